The van der Waals surface area contributed by atoms with Crippen molar-refractivity contribution in [3.63, 3.8) is 0 Å². The maximum absolute atomic E-state index is 11.8. The lowest BCUT2D eigenvalue weighted by Crippen LogP contribution is -2.46. The van der Waals surface area contributed by atoms with Gasteiger partial charge in [-0.3, -0.25) is 0 Å². The van der Waals surface area contributed by atoms with Gasteiger partial charge in [0.25, 0.3) is 0 Å². The molecule has 1 atom stereocenters. The summed E-state index contributed by atoms with van der Waals surface area (Å²) in [5.74, 6) is 0.715. The molecule has 4 nitrogen and oxygen atoms in total. The first-order valence-electron chi connectivity index (χ1n) is 6.10. The molecule has 1 unspecified atom stereocenters. The summed E-state index contributed by atoms with van der Waals surface area (Å²) in [7, 11) is 1.44. The molecule has 0 aromatic carbocycles. The number of rotatable bonds is 2. The van der Waals surface area contributed by atoms with Crippen LogP contribution in [0.4, 0.5) is 5.82 Å². The summed E-state index contributed by atoms with van der Waals surface area (Å²) < 4.78 is 5.84. The normalized spacial score (nSPS) is 19.7. The topological polar surface area (TPSA) is 42.4 Å². The second-order valence-corrected chi connectivity index (χ2v) is 5.44. The molecule has 98 valence electrons. The van der Waals surface area contributed by atoms with E-state index in [1.54, 1.807) is 6.20 Å². The lowest BCUT2D eigenvalue weighted by molar-refractivity contribution is -0.142. The van der Waals surface area contributed by atoms with Gasteiger partial charge in [-0.05, 0) is 53.7 Å². The van der Waals surface area contributed by atoms with E-state index in [1.807, 2.05) is 13.0 Å². The molecule has 2 heterocycles. The summed E-state index contributed by atoms with van der Waals surface area (Å²) in [5, 5.41) is 0. The van der Waals surface area contributed by atoms with E-state index >= 15 is 0 Å². The van der Waals surface area contributed by atoms with Gasteiger partial charge in [-0.2, -0.15) is 0 Å². The Hall–Kier alpha value is -1.10. The highest BCUT2D eigenvalue weighted by Crippen LogP contribution is 2.27. The lowest BCUT2D eigenvalue weighted by atomic mass is 10.0. The Morgan fingerprint density at radius 1 is 1.56 bits per heavy atom. The van der Waals surface area contributed by atoms with Gasteiger partial charge in [-0.1, -0.05) is 0 Å². The van der Waals surface area contributed by atoms with Gasteiger partial charge in [-0.25, -0.2) is 9.78 Å². The monoisotopic (exact) mass is 312 g/mol. The van der Waals surface area contributed by atoms with Crippen molar-refractivity contribution in [2.75, 3.05) is 18.6 Å². The number of aromatic nitrogens is 1. The molecular weight excluding hydrogens is 296 g/mol. The van der Waals surface area contributed by atoms with E-state index in [0.717, 1.165) is 41.7 Å². The molecule has 1 saturated heterocycles. The molecule has 0 aliphatic carbocycles. The fraction of sp³-hybridized carbons (Fsp3) is 0.538. The summed E-state index contributed by atoms with van der Waals surface area (Å²) in [6.45, 7) is 2.87. The molecule has 2 rings (SSSR count). The Labute approximate surface area is 115 Å². The average molecular weight is 313 g/mol. The number of pyridine rings is 1. The SMILES string of the molecule is COC(=O)C1CCCCN1c1ncc(Br)cc1C. The van der Waals surface area contributed by atoms with Gasteiger partial charge in [-0.15, -0.1) is 0 Å². The molecule has 1 aliphatic rings. The van der Waals surface area contributed by atoms with Crippen LogP contribution < -0.4 is 4.90 Å². The van der Waals surface area contributed by atoms with Crippen LogP contribution in [0, 0.1) is 6.92 Å². The van der Waals surface area contributed by atoms with Crippen molar-refractivity contribution in [2.24, 2.45) is 0 Å². The Morgan fingerprint density at radius 2 is 2.33 bits per heavy atom. The van der Waals surface area contributed by atoms with E-state index in [9.17, 15) is 4.79 Å². The number of ether oxygens (including phenoxy) is 1. The van der Waals surface area contributed by atoms with Crippen LogP contribution in [0.15, 0.2) is 16.7 Å². The zero-order valence-electron chi connectivity index (χ0n) is 10.6. The molecule has 18 heavy (non-hydrogen) atoms. The Bertz CT molecular complexity index is 451. The number of hydrogen-bond donors (Lipinski definition) is 0. The zero-order valence-corrected chi connectivity index (χ0v) is 12.2. The van der Waals surface area contributed by atoms with Crippen LogP contribution in [0.2, 0.25) is 0 Å². The second kappa shape index (κ2) is 5.69. The third-order valence-corrected chi connectivity index (χ3v) is 3.70. The smallest absolute Gasteiger partial charge is 0.328 e. The number of esters is 1. The number of carbonyl (C=O) groups is 1. The summed E-state index contributed by atoms with van der Waals surface area (Å²) >= 11 is 3.41. The number of nitrogens with zero attached hydrogens (tertiary/aromatic N) is 2. The number of piperidine rings is 1. The highest BCUT2D eigenvalue weighted by Gasteiger charge is 2.31. The van der Waals surface area contributed by atoms with Crippen LogP contribution in [0.5, 0.6) is 0 Å². The summed E-state index contributed by atoms with van der Waals surface area (Å²) in [6, 6.07) is 1.82. The van der Waals surface area contributed by atoms with Crippen molar-refractivity contribution in [3.8, 4) is 0 Å². The Balaban J connectivity index is 2.30. The number of anilines is 1. The number of hydrogen-bond acceptors (Lipinski definition) is 4. The van der Waals surface area contributed by atoms with Gasteiger partial charge in [0, 0.05) is 17.2 Å². The molecule has 0 radical (unpaired) electrons. The third kappa shape index (κ3) is 2.66. The van der Waals surface area contributed by atoms with Gasteiger partial charge < -0.3 is 9.64 Å². The van der Waals surface area contributed by atoms with E-state index in [2.05, 4.69) is 25.8 Å². The third-order valence-electron chi connectivity index (χ3n) is 3.27. The van der Waals surface area contributed by atoms with E-state index in [4.69, 9.17) is 4.74 Å². The van der Waals surface area contributed by atoms with Crippen LogP contribution in [-0.2, 0) is 9.53 Å². The summed E-state index contributed by atoms with van der Waals surface area (Å²) in [6.07, 6.45) is 4.76. The number of carbonyl (C=O) groups excluding carboxylic acids is 1. The van der Waals surface area contributed by atoms with Gasteiger partial charge in [0.2, 0.25) is 0 Å². The predicted octanol–water partition coefficient (Wildman–Crippen LogP) is 2.68. The van der Waals surface area contributed by atoms with Crippen LogP contribution in [0.25, 0.3) is 0 Å². The minimum Gasteiger partial charge on any atom is -0.467 e. The standard InChI is InChI=1S/C13H17BrN2O2/c1-9-7-10(14)8-15-12(9)16-6-4-3-5-11(16)13(17)18-2/h7-8,11H,3-6H2,1-2H3. The van der Waals surface area contributed by atoms with Crippen molar-refractivity contribution in [2.45, 2.75) is 32.2 Å². The fourth-order valence-corrected chi connectivity index (χ4v) is 2.85. The molecule has 1 fully saturated rings. The van der Waals surface area contributed by atoms with Crippen LogP contribution >= 0.6 is 15.9 Å². The van der Waals surface area contributed by atoms with Crippen LogP contribution in [0.1, 0.15) is 24.8 Å². The first-order chi connectivity index (χ1) is 8.63. The summed E-state index contributed by atoms with van der Waals surface area (Å²) in [4.78, 5) is 18.3. The average Bonchev–Trinajstić information content (AvgIpc) is 2.38. The van der Waals surface area contributed by atoms with Crippen molar-refractivity contribution in [1.82, 2.24) is 4.98 Å². The van der Waals surface area contributed by atoms with Crippen LogP contribution in [-0.4, -0.2) is 30.6 Å². The Kier molecular flexibility index (Phi) is 4.22. The van der Waals surface area contributed by atoms with Gasteiger partial charge in [0.15, 0.2) is 0 Å². The minimum absolute atomic E-state index is 0.168. The van der Waals surface area contributed by atoms with Crippen molar-refractivity contribution < 1.29 is 9.53 Å². The van der Waals surface area contributed by atoms with Gasteiger partial charge in [0.05, 0.1) is 7.11 Å². The molecule has 5 heteroatoms. The quantitative estimate of drug-likeness (QED) is 0.787. The first-order valence-corrected chi connectivity index (χ1v) is 6.89. The molecular formula is C13H17BrN2O2. The predicted molar refractivity (Wildman–Crippen MR) is 73.7 cm³/mol. The highest BCUT2D eigenvalue weighted by molar-refractivity contribution is 9.10. The minimum atomic E-state index is -0.198. The van der Waals surface area contributed by atoms with Gasteiger partial charge in [0.1, 0.15) is 11.9 Å². The molecule has 0 spiro atoms. The lowest BCUT2D eigenvalue weighted by Gasteiger charge is -2.35. The number of aryl methyl sites for hydroxylation is 1. The first kappa shape index (κ1) is 13.3. The maximum atomic E-state index is 11.8. The van der Waals surface area contributed by atoms with Crippen molar-refractivity contribution in [1.29, 1.82) is 0 Å². The van der Waals surface area contributed by atoms with Gasteiger partial charge >= 0.3 is 5.97 Å². The zero-order chi connectivity index (χ0) is 13.1. The second-order valence-electron chi connectivity index (χ2n) is 4.52. The molecule has 0 saturated carbocycles. The van der Waals surface area contributed by atoms with Crippen molar-refractivity contribution >= 4 is 27.7 Å². The molecule has 1 aromatic rings. The molecule has 0 bridgehead atoms. The molecule has 1 aliphatic heterocycles. The van der Waals surface area contributed by atoms with E-state index < -0.39 is 0 Å². The Morgan fingerprint density at radius 3 is 3.00 bits per heavy atom. The highest BCUT2D eigenvalue weighted by atomic mass is 79.9. The van der Waals surface area contributed by atoms with Crippen LogP contribution in [0.3, 0.4) is 0 Å². The van der Waals surface area contributed by atoms with E-state index in [0.29, 0.717) is 0 Å². The number of methoxy groups -OCH3 is 1. The van der Waals surface area contributed by atoms with Crippen molar-refractivity contribution in [3.05, 3.63) is 22.3 Å². The van der Waals surface area contributed by atoms with E-state index in [1.165, 1.54) is 7.11 Å². The number of halogens is 1. The summed E-state index contributed by atoms with van der Waals surface area (Å²) in [5.41, 5.74) is 1.07. The fourth-order valence-electron chi connectivity index (χ4n) is 2.40. The molecule has 0 N–H and O–H groups in total. The molecule has 0 amide bonds. The maximum Gasteiger partial charge on any atom is 0.328 e. The largest absolute Gasteiger partial charge is 0.467 e. The van der Waals surface area contributed by atoms with E-state index in [-0.39, 0.29) is 12.0 Å². The molecule has 1 aromatic heterocycles.